The van der Waals surface area contributed by atoms with Crippen LogP contribution in [0, 0.1) is 10.1 Å². The van der Waals surface area contributed by atoms with Crippen LogP contribution in [0.4, 0.5) is 11.4 Å². The molecule has 0 aliphatic heterocycles. The van der Waals surface area contributed by atoms with Crippen LogP contribution < -0.4 is 16.2 Å². The molecule has 0 aliphatic carbocycles. The van der Waals surface area contributed by atoms with Gasteiger partial charge in [0.15, 0.2) is 0 Å². The van der Waals surface area contributed by atoms with Crippen molar-refractivity contribution in [3.8, 4) is 5.75 Å². The Balaban J connectivity index is 2.39. The highest BCUT2D eigenvalue weighted by molar-refractivity contribution is 5.47. The number of methoxy groups -OCH3 is 1. The van der Waals surface area contributed by atoms with Gasteiger partial charge >= 0.3 is 11.4 Å². The van der Waals surface area contributed by atoms with E-state index in [4.69, 9.17) is 10.5 Å². The predicted octanol–water partition coefficient (Wildman–Crippen LogP) is 0.791. The predicted molar refractivity (Wildman–Crippen MR) is 71.7 cm³/mol. The normalized spacial score (nSPS) is 10.2. The first-order valence-corrected chi connectivity index (χ1v) is 5.64. The zero-order chi connectivity index (χ0) is 14.7. The van der Waals surface area contributed by atoms with Crippen LogP contribution in [0.5, 0.6) is 5.75 Å². The van der Waals surface area contributed by atoms with Gasteiger partial charge < -0.3 is 10.5 Å². The first-order valence-electron chi connectivity index (χ1n) is 5.64. The number of aromatic nitrogens is 2. The van der Waals surface area contributed by atoms with Crippen LogP contribution in [0.3, 0.4) is 0 Å². The molecule has 2 N–H and O–H groups in total. The standard InChI is InChI=1S/C12H12N4O4/c1-20-11-3-8(2-9(13)4-11)6-15-7-10(16(18)19)5-14-12(15)17/h2-5,7H,6,13H2,1H3. The number of ether oxygens (including phenoxy) is 1. The summed E-state index contributed by atoms with van der Waals surface area (Å²) in [5, 5.41) is 10.7. The van der Waals surface area contributed by atoms with Crippen molar-refractivity contribution in [2.75, 3.05) is 12.8 Å². The minimum atomic E-state index is -0.608. The Bertz CT molecular complexity index is 711. The smallest absolute Gasteiger partial charge is 0.348 e. The van der Waals surface area contributed by atoms with Crippen LogP contribution in [0.25, 0.3) is 0 Å². The summed E-state index contributed by atoms with van der Waals surface area (Å²) in [6, 6.07) is 4.99. The van der Waals surface area contributed by atoms with Crippen molar-refractivity contribution in [1.82, 2.24) is 9.55 Å². The molecule has 104 valence electrons. The highest BCUT2D eigenvalue weighted by Gasteiger charge is 2.10. The maximum Gasteiger partial charge on any atom is 0.348 e. The maximum atomic E-state index is 11.6. The van der Waals surface area contributed by atoms with Crippen LogP contribution in [0.2, 0.25) is 0 Å². The molecule has 8 nitrogen and oxygen atoms in total. The lowest BCUT2D eigenvalue weighted by molar-refractivity contribution is -0.385. The molecule has 0 unspecified atom stereocenters. The van der Waals surface area contributed by atoms with Crippen LogP contribution in [0.15, 0.2) is 35.4 Å². The van der Waals surface area contributed by atoms with Crippen molar-refractivity contribution in [3.05, 3.63) is 56.8 Å². The third-order valence-corrected chi connectivity index (χ3v) is 2.63. The van der Waals surface area contributed by atoms with E-state index in [1.54, 1.807) is 18.2 Å². The Hall–Kier alpha value is -2.90. The van der Waals surface area contributed by atoms with Gasteiger partial charge in [0, 0.05) is 11.8 Å². The summed E-state index contributed by atoms with van der Waals surface area (Å²) in [6.45, 7) is 0.120. The minimum Gasteiger partial charge on any atom is -0.497 e. The zero-order valence-electron chi connectivity index (χ0n) is 10.6. The summed E-state index contributed by atoms with van der Waals surface area (Å²) in [7, 11) is 1.50. The van der Waals surface area contributed by atoms with E-state index in [1.165, 1.54) is 7.11 Å². The summed E-state index contributed by atoms with van der Waals surface area (Å²) in [5.74, 6) is 0.548. The Morgan fingerprint density at radius 1 is 1.45 bits per heavy atom. The molecule has 0 bridgehead atoms. The second-order valence-electron chi connectivity index (χ2n) is 4.09. The highest BCUT2D eigenvalue weighted by atomic mass is 16.6. The molecule has 0 fully saturated rings. The van der Waals surface area contributed by atoms with E-state index < -0.39 is 10.6 Å². The average Bonchev–Trinajstić information content (AvgIpc) is 2.40. The highest BCUT2D eigenvalue weighted by Crippen LogP contribution is 2.19. The molecule has 0 saturated heterocycles. The largest absolute Gasteiger partial charge is 0.497 e. The molecular weight excluding hydrogens is 264 g/mol. The molecule has 0 atom stereocenters. The molecule has 0 spiro atoms. The van der Waals surface area contributed by atoms with Gasteiger partial charge in [-0.2, -0.15) is 4.98 Å². The lowest BCUT2D eigenvalue weighted by atomic mass is 10.2. The molecule has 0 saturated carbocycles. The Labute approximate surface area is 113 Å². The number of rotatable bonds is 4. The van der Waals surface area contributed by atoms with E-state index in [0.717, 1.165) is 17.0 Å². The lowest BCUT2D eigenvalue weighted by Crippen LogP contribution is -2.23. The first-order chi connectivity index (χ1) is 9.49. The second-order valence-corrected chi connectivity index (χ2v) is 4.09. The zero-order valence-corrected chi connectivity index (χ0v) is 10.6. The summed E-state index contributed by atoms with van der Waals surface area (Å²) in [5.41, 5.74) is 6.06. The second kappa shape index (κ2) is 5.39. The molecular formula is C12H12N4O4. The SMILES string of the molecule is COc1cc(N)cc(Cn2cc([N+](=O)[O-])cnc2=O)c1. The summed E-state index contributed by atoms with van der Waals surface area (Å²) in [4.78, 5) is 25.1. The molecule has 20 heavy (non-hydrogen) atoms. The van der Waals surface area contributed by atoms with Gasteiger partial charge in [-0.05, 0) is 17.7 Å². The Kier molecular flexibility index (Phi) is 3.65. The molecule has 1 aromatic heterocycles. The van der Waals surface area contributed by atoms with Crippen molar-refractivity contribution in [2.45, 2.75) is 6.54 Å². The lowest BCUT2D eigenvalue weighted by Gasteiger charge is -2.08. The molecule has 0 radical (unpaired) electrons. The molecule has 1 heterocycles. The molecule has 8 heteroatoms. The van der Waals surface area contributed by atoms with Crippen LogP contribution >= 0.6 is 0 Å². The van der Waals surface area contributed by atoms with Gasteiger partial charge in [0.2, 0.25) is 0 Å². The number of nitro groups is 1. The van der Waals surface area contributed by atoms with Crippen molar-refractivity contribution < 1.29 is 9.66 Å². The summed E-state index contributed by atoms with van der Waals surface area (Å²) in [6.07, 6.45) is 2.07. The monoisotopic (exact) mass is 276 g/mol. The minimum absolute atomic E-state index is 0.120. The molecule has 0 aliphatic rings. The van der Waals surface area contributed by atoms with Crippen molar-refractivity contribution >= 4 is 11.4 Å². The summed E-state index contributed by atoms with van der Waals surface area (Å²) < 4.78 is 6.22. The van der Waals surface area contributed by atoms with Crippen molar-refractivity contribution in [2.24, 2.45) is 0 Å². The fourth-order valence-electron chi connectivity index (χ4n) is 1.74. The number of nitrogen functional groups attached to an aromatic ring is 1. The molecule has 1 aromatic carbocycles. The van der Waals surface area contributed by atoms with Crippen molar-refractivity contribution in [1.29, 1.82) is 0 Å². The number of anilines is 1. The van der Waals surface area contributed by atoms with Gasteiger partial charge in [0.05, 0.1) is 24.8 Å². The van der Waals surface area contributed by atoms with Gasteiger partial charge in [-0.1, -0.05) is 0 Å². The van der Waals surface area contributed by atoms with Gasteiger partial charge in [0.25, 0.3) is 0 Å². The van der Waals surface area contributed by atoms with Crippen molar-refractivity contribution in [3.63, 3.8) is 0 Å². The third-order valence-electron chi connectivity index (χ3n) is 2.63. The fraction of sp³-hybridized carbons (Fsp3) is 0.167. The molecule has 0 amide bonds. The van der Waals surface area contributed by atoms with Gasteiger partial charge in [-0.3, -0.25) is 14.7 Å². The number of benzene rings is 1. The van der Waals surface area contributed by atoms with Gasteiger partial charge in [-0.25, -0.2) is 4.79 Å². The number of nitrogens with zero attached hydrogens (tertiary/aromatic N) is 3. The average molecular weight is 276 g/mol. The van der Waals surface area contributed by atoms with E-state index in [-0.39, 0.29) is 12.2 Å². The maximum absolute atomic E-state index is 11.6. The van der Waals surface area contributed by atoms with Crippen LogP contribution in [-0.4, -0.2) is 21.6 Å². The van der Waals surface area contributed by atoms with E-state index >= 15 is 0 Å². The molecule has 2 rings (SSSR count). The number of hydrogen-bond donors (Lipinski definition) is 1. The Morgan fingerprint density at radius 2 is 2.20 bits per heavy atom. The van der Waals surface area contributed by atoms with E-state index in [9.17, 15) is 14.9 Å². The van der Waals surface area contributed by atoms with Gasteiger partial charge in [0.1, 0.15) is 11.9 Å². The quantitative estimate of drug-likeness (QED) is 0.501. The molecule has 2 aromatic rings. The summed E-state index contributed by atoms with van der Waals surface area (Å²) >= 11 is 0. The number of nitrogens with two attached hydrogens (primary N) is 1. The van der Waals surface area contributed by atoms with E-state index in [2.05, 4.69) is 4.98 Å². The van der Waals surface area contributed by atoms with Gasteiger partial charge in [-0.15, -0.1) is 0 Å². The van der Waals surface area contributed by atoms with Crippen LogP contribution in [0.1, 0.15) is 5.56 Å². The van der Waals surface area contributed by atoms with E-state index in [0.29, 0.717) is 17.0 Å². The number of hydrogen-bond acceptors (Lipinski definition) is 6. The van der Waals surface area contributed by atoms with Crippen LogP contribution in [-0.2, 0) is 6.54 Å². The van der Waals surface area contributed by atoms with E-state index in [1.807, 2.05) is 0 Å². The topological polar surface area (TPSA) is 113 Å². The third kappa shape index (κ3) is 2.91. The first kappa shape index (κ1) is 13.5. The Morgan fingerprint density at radius 3 is 2.85 bits per heavy atom. The fourth-order valence-corrected chi connectivity index (χ4v) is 1.74.